The molecule has 0 aromatic carbocycles. The lowest BCUT2D eigenvalue weighted by Crippen LogP contribution is -2.12. The minimum absolute atomic E-state index is 0.261. The molecule has 0 spiro atoms. The lowest BCUT2D eigenvalue weighted by atomic mass is 10.3. The van der Waals surface area contributed by atoms with Gasteiger partial charge in [-0.05, 0) is 18.6 Å². The highest BCUT2D eigenvalue weighted by Crippen LogP contribution is 1.99. The molecule has 0 unspecified atom stereocenters. The highest BCUT2D eigenvalue weighted by Gasteiger charge is 1.94. The van der Waals surface area contributed by atoms with Crippen LogP contribution >= 0.6 is 0 Å². The summed E-state index contributed by atoms with van der Waals surface area (Å²) in [5, 5.41) is 3.08. The van der Waals surface area contributed by atoms with E-state index >= 15 is 0 Å². The van der Waals surface area contributed by atoms with Crippen molar-refractivity contribution in [2.24, 2.45) is 5.73 Å². The van der Waals surface area contributed by atoms with Crippen LogP contribution in [-0.4, -0.2) is 17.4 Å². The first-order chi connectivity index (χ1) is 6.29. The fourth-order valence-corrected chi connectivity index (χ4v) is 0.946. The van der Waals surface area contributed by atoms with Crippen LogP contribution in [0.2, 0.25) is 0 Å². The van der Waals surface area contributed by atoms with Gasteiger partial charge < -0.3 is 11.1 Å². The zero-order valence-corrected chi connectivity index (χ0v) is 7.36. The average Bonchev–Trinajstić information content (AvgIpc) is 2.14. The van der Waals surface area contributed by atoms with Gasteiger partial charge in [-0.15, -0.1) is 0 Å². The number of nitrogens with two attached hydrogens (primary N) is 1. The molecule has 0 aliphatic heterocycles. The average molecular weight is 179 g/mol. The van der Waals surface area contributed by atoms with Crippen molar-refractivity contribution in [3.63, 3.8) is 0 Å². The standard InChI is InChI=1S/C9H13N3O/c10-8(13)4-3-7-12-9-5-1-2-6-11-9/h1-2,5-6H,3-4,7H2,(H2,10,13)(H,11,12). The summed E-state index contributed by atoms with van der Waals surface area (Å²) in [4.78, 5) is 14.5. The van der Waals surface area contributed by atoms with Gasteiger partial charge in [-0.2, -0.15) is 0 Å². The van der Waals surface area contributed by atoms with E-state index < -0.39 is 0 Å². The molecular weight excluding hydrogens is 166 g/mol. The summed E-state index contributed by atoms with van der Waals surface area (Å²) in [6.07, 6.45) is 2.88. The van der Waals surface area contributed by atoms with E-state index in [-0.39, 0.29) is 5.91 Å². The fraction of sp³-hybridized carbons (Fsp3) is 0.333. The van der Waals surface area contributed by atoms with Gasteiger partial charge in [0.2, 0.25) is 5.91 Å². The van der Waals surface area contributed by atoms with Crippen LogP contribution < -0.4 is 11.1 Å². The molecule has 4 nitrogen and oxygen atoms in total. The smallest absolute Gasteiger partial charge is 0.217 e. The summed E-state index contributed by atoms with van der Waals surface area (Å²) in [5.74, 6) is 0.565. The molecule has 0 aliphatic rings. The maximum absolute atomic E-state index is 10.4. The second-order valence-electron chi connectivity index (χ2n) is 2.71. The van der Waals surface area contributed by atoms with Crippen LogP contribution in [0, 0.1) is 0 Å². The van der Waals surface area contributed by atoms with Crippen molar-refractivity contribution >= 4 is 11.7 Å². The van der Waals surface area contributed by atoms with Gasteiger partial charge in [0, 0.05) is 19.2 Å². The SMILES string of the molecule is NC(=O)CCCNc1ccccn1. The largest absolute Gasteiger partial charge is 0.370 e. The van der Waals surface area contributed by atoms with E-state index in [2.05, 4.69) is 10.3 Å². The molecule has 0 atom stereocenters. The van der Waals surface area contributed by atoms with E-state index in [9.17, 15) is 4.79 Å². The number of nitrogens with zero attached hydrogens (tertiary/aromatic N) is 1. The molecule has 1 rings (SSSR count). The van der Waals surface area contributed by atoms with Crippen LogP contribution in [0.1, 0.15) is 12.8 Å². The highest BCUT2D eigenvalue weighted by molar-refractivity contribution is 5.73. The first kappa shape index (κ1) is 9.51. The van der Waals surface area contributed by atoms with Crippen molar-refractivity contribution in [2.45, 2.75) is 12.8 Å². The minimum atomic E-state index is -0.261. The summed E-state index contributed by atoms with van der Waals surface area (Å²) in [5.41, 5.74) is 4.99. The molecular formula is C9H13N3O. The van der Waals surface area contributed by atoms with E-state index in [4.69, 9.17) is 5.73 Å². The van der Waals surface area contributed by atoms with Crippen molar-refractivity contribution in [2.75, 3.05) is 11.9 Å². The topological polar surface area (TPSA) is 68.0 Å². The number of carbonyl (C=O) groups is 1. The molecule has 0 bridgehead atoms. The number of carbonyl (C=O) groups excluding carboxylic acids is 1. The Hall–Kier alpha value is -1.58. The molecule has 1 aromatic rings. The van der Waals surface area contributed by atoms with Gasteiger partial charge >= 0.3 is 0 Å². The molecule has 1 amide bonds. The summed E-state index contributed by atoms with van der Waals surface area (Å²) in [6.45, 7) is 0.722. The Morgan fingerprint density at radius 1 is 1.54 bits per heavy atom. The van der Waals surface area contributed by atoms with Crippen molar-refractivity contribution in [1.29, 1.82) is 0 Å². The first-order valence-corrected chi connectivity index (χ1v) is 4.22. The number of amides is 1. The molecule has 0 saturated heterocycles. The van der Waals surface area contributed by atoms with Gasteiger partial charge in [-0.1, -0.05) is 6.07 Å². The Kier molecular flexibility index (Phi) is 3.75. The van der Waals surface area contributed by atoms with E-state index in [1.54, 1.807) is 6.20 Å². The maximum atomic E-state index is 10.4. The normalized spacial score (nSPS) is 9.54. The number of pyridine rings is 1. The predicted molar refractivity (Wildman–Crippen MR) is 51.2 cm³/mol. The number of aromatic nitrogens is 1. The summed E-state index contributed by atoms with van der Waals surface area (Å²) >= 11 is 0. The van der Waals surface area contributed by atoms with Gasteiger partial charge in [-0.3, -0.25) is 4.79 Å². The Balaban J connectivity index is 2.17. The fourth-order valence-electron chi connectivity index (χ4n) is 0.946. The van der Waals surface area contributed by atoms with Crippen molar-refractivity contribution < 1.29 is 4.79 Å². The second kappa shape index (κ2) is 5.13. The number of anilines is 1. The Labute approximate surface area is 77.2 Å². The van der Waals surface area contributed by atoms with E-state index in [0.29, 0.717) is 6.42 Å². The van der Waals surface area contributed by atoms with Crippen LogP contribution in [0.25, 0.3) is 0 Å². The third-order valence-corrected chi connectivity index (χ3v) is 1.57. The molecule has 0 radical (unpaired) electrons. The van der Waals surface area contributed by atoms with Gasteiger partial charge in [0.05, 0.1) is 0 Å². The molecule has 4 heteroatoms. The minimum Gasteiger partial charge on any atom is -0.370 e. The Morgan fingerprint density at radius 2 is 2.38 bits per heavy atom. The molecule has 1 aromatic heterocycles. The predicted octanol–water partition coefficient (Wildman–Crippen LogP) is 0.759. The molecule has 13 heavy (non-hydrogen) atoms. The van der Waals surface area contributed by atoms with Crippen LogP contribution in [0.4, 0.5) is 5.82 Å². The molecule has 3 N–H and O–H groups in total. The quantitative estimate of drug-likeness (QED) is 0.656. The number of hydrogen-bond donors (Lipinski definition) is 2. The summed E-state index contributed by atoms with van der Waals surface area (Å²) < 4.78 is 0. The van der Waals surface area contributed by atoms with E-state index in [1.807, 2.05) is 18.2 Å². The first-order valence-electron chi connectivity index (χ1n) is 4.22. The van der Waals surface area contributed by atoms with Crippen LogP contribution in [0.3, 0.4) is 0 Å². The van der Waals surface area contributed by atoms with Gasteiger partial charge in [0.15, 0.2) is 0 Å². The van der Waals surface area contributed by atoms with Crippen LogP contribution in [0.15, 0.2) is 24.4 Å². The number of primary amides is 1. The number of rotatable bonds is 5. The number of nitrogens with one attached hydrogen (secondary N) is 1. The zero-order chi connectivity index (χ0) is 9.52. The molecule has 0 aliphatic carbocycles. The van der Waals surface area contributed by atoms with Crippen molar-refractivity contribution in [1.82, 2.24) is 4.98 Å². The summed E-state index contributed by atoms with van der Waals surface area (Å²) in [7, 11) is 0. The third kappa shape index (κ3) is 4.10. The molecule has 0 fully saturated rings. The molecule has 0 saturated carbocycles. The molecule has 1 heterocycles. The zero-order valence-electron chi connectivity index (χ0n) is 7.36. The lowest BCUT2D eigenvalue weighted by Gasteiger charge is -2.02. The van der Waals surface area contributed by atoms with Gasteiger partial charge in [0.25, 0.3) is 0 Å². The highest BCUT2D eigenvalue weighted by atomic mass is 16.1. The molecule has 70 valence electrons. The third-order valence-electron chi connectivity index (χ3n) is 1.57. The Morgan fingerprint density at radius 3 is 3.00 bits per heavy atom. The lowest BCUT2D eigenvalue weighted by molar-refractivity contribution is -0.118. The van der Waals surface area contributed by atoms with E-state index in [0.717, 1.165) is 18.8 Å². The van der Waals surface area contributed by atoms with Crippen molar-refractivity contribution in [3.8, 4) is 0 Å². The summed E-state index contributed by atoms with van der Waals surface area (Å²) in [6, 6.07) is 5.64. The van der Waals surface area contributed by atoms with Crippen molar-refractivity contribution in [3.05, 3.63) is 24.4 Å². The van der Waals surface area contributed by atoms with Gasteiger partial charge in [-0.25, -0.2) is 4.98 Å². The Bertz CT molecular complexity index is 261. The second-order valence-corrected chi connectivity index (χ2v) is 2.71. The van der Waals surface area contributed by atoms with Gasteiger partial charge in [0.1, 0.15) is 5.82 Å². The van der Waals surface area contributed by atoms with Crippen LogP contribution in [0.5, 0.6) is 0 Å². The maximum Gasteiger partial charge on any atom is 0.217 e. The number of hydrogen-bond acceptors (Lipinski definition) is 3. The van der Waals surface area contributed by atoms with E-state index in [1.165, 1.54) is 0 Å². The van der Waals surface area contributed by atoms with Crippen LogP contribution in [-0.2, 0) is 4.79 Å². The monoisotopic (exact) mass is 179 g/mol.